The SMILES string of the molecule is CC(C)CC(CNC(=O)OCC1c2ccccc2-c2ccccc21)C(=O)N(C)CCCCC(=O)O. The summed E-state index contributed by atoms with van der Waals surface area (Å²) in [7, 11) is 1.73. The van der Waals surface area contributed by atoms with E-state index in [2.05, 4.69) is 29.6 Å². The van der Waals surface area contributed by atoms with Crippen molar-refractivity contribution in [1.82, 2.24) is 10.2 Å². The minimum atomic E-state index is -0.830. The summed E-state index contributed by atoms with van der Waals surface area (Å²) in [6.07, 6.45) is 1.36. The number of amides is 2. The van der Waals surface area contributed by atoms with Crippen molar-refractivity contribution in [3.05, 3.63) is 59.7 Å². The number of carbonyl (C=O) groups is 3. The number of aliphatic carboxylic acids is 1. The Morgan fingerprint density at radius 3 is 2.17 bits per heavy atom. The summed E-state index contributed by atoms with van der Waals surface area (Å²) in [6.45, 7) is 5.01. The van der Waals surface area contributed by atoms with Crippen LogP contribution in [0.5, 0.6) is 0 Å². The lowest BCUT2D eigenvalue weighted by atomic mass is 9.95. The number of nitrogens with zero attached hydrogens (tertiary/aromatic N) is 1. The lowest BCUT2D eigenvalue weighted by Crippen LogP contribution is -2.41. The van der Waals surface area contributed by atoms with Gasteiger partial charge in [-0.25, -0.2) is 4.79 Å². The van der Waals surface area contributed by atoms with Crippen LogP contribution in [0.15, 0.2) is 48.5 Å². The molecule has 0 saturated carbocycles. The first-order chi connectivity index (χ1) is 16.8. The highest BCUT2D eigenvalue weighted by atomic mass is 16.5. The molecule has 3 rings (SSSR count). The van der Waals surface area contributed by atoms with Crippen molar-refractivity contribution in [1.29, 1.82) is 0 Å². The van der Waals surface area contributed by atoms with Crippen molar-refractivity contribution in [3.63, 3.8) is 0 Å². The molecule has 0 aliphatic heterocycles. The summed E-state index contributed by atoms with van der Waals surface area (Å²) < 4.78 is 5.61. The number of alkyl carbamates (subject to hydrolysis) is 1. The third-order valence-corrected chi connectivity index (χ3v) is 6.45. The first-order valence-electron chi connectivity index (χ1n) is 12.3. The van der Waals surface area contributed by atoms with Crippen LogP contribution in [0, 0.1) is 11.8 Å². The maximum atomic E-state index is 13.0. The van der Waals surface area contributed by atoms with Gasteiger partial charge in [0, 0.05) is 32.5 Å². The maximum Gasteiger partial charge on any atom is 0.407 e. The average molecular weight is 481 g/mol. The number of carboxylic acid groups (broad SMARTS) is 1. The highest BCUT2D eigenvalue weighted by molar-refractivity contribution is 5.80. The molecular formula is C28H36N2O5. The molecule has 7 heteroatoms. The van der Waals surface area contributed by atoms with Gasteiger partial charge in [-0.1, -0.05) is 62.4 Å². The van der Waals surface area contributed by atoms with Crippen molar-refractivity contribution >= 4 is 18.0 Å². The Kier molecular flexibility index (Phi) is 9.29. The van der Waals surface area contributed by atoms with Crippen LogP contribution >= 0.6 is 0 Å². The minimum absolute atomic E-state index is 0.0156. The Morgan fingerprint density at radius 2 is 1.60 bits per heavy atom. The van der Waals surface area contributed by atoms with E-state index in [1.165, 1.54) is 11.1 Å². The molecule has 35 heavy (non-hydrogen) atoms. The second-order valence-electron chi connectivity index (χ2n) is 9.64. The van der Waals surface area contributed by atoms with Gasteiger partial charge in [0.2, 0.25) is 5.91 Å². The predicted octanol–water partition coefficient (Wildman–Crippen LogP) is 4.90. The summed E-state index contributed by atoms with van der Waals surface area (Å²) in [5.74, 6) is -0.969. The molecular weight excluding hydrogens is 444 g/mol. The third kappa shape index (κ3) is 7.07. The molecule has 2 aromatic rings. The van der Waals surface area contributed by atoms with E-state index in [0.29, 0.717) is 25.8 Å². The van der Waals surface area contributed by atoms with E-state index in [0.717, 1.165) is 11.1 Å². The Balaban J connectivity index is 1.53. The highest BCUT2D eigenvalue weighted by Crippen LogP contribution is 2.44. The molecule has 1 atom stereocenters. The first-order valence-corrected chi connectivity index (χ1v) is 12.3. The van der Waals surface area contributed by atoms with Crippen LogP contribution in [0.1, 0.15) is 56.6 Å². The van der Waals surface area contributed by atoms with Gasteiger partial charge in [0.05, 0.1) is 5.92 Å². The van der Waals surface area contributed by atoms with E-state index in [4.69, 9.17) is 9.84 Å². The number of fused-ring (bicyclic) bond motifs is 3. The molecule has 0 saturated heterocycles. The van der Waals surface area contributed by atoms with Crippen molar-refractivity contribution in [2.24, 2.45) is 11.8 Å². The maximum absolute atomic E-state index is 13.0. The van der Waals surface area contributed by atoms with E-state index >= 15 is 0 Å². The molecule has 1 unspecified atom stereocenters. The van der Waals surface area contributed by atoms with Gasteiger partial charge >= 0.3 is 12.1 Å². The summed E-state index contributed by atoms with van der Waals surface area (Å²) in [5.41, 5.74) is 4.65. The predicted molar refractivity (Wildman–Crippen MR) is 135 cm³/mol. The number of ether oxygens (including phenoxy) is 1. The van der Waals surface area contributed by atoms with E-state index < -0.39 is 12.1 Å². The van der Waals surface area contributed by atoms with E-state index in [9.17, 15) is 14.4 Å². The Morgan fingerprint density at radius 1 is 1.00 bits per heavy atom. The second-order valence-corrected chi connectivity index (χ2v) is 9.64. The second kappa shape index (κ2) is 12.4. The van der Waals surface area contributed by atoms with Crippen LogP contribution in [-0.2, 0) is 14.3 Å². The molecule has 7 nitrogen and oxygen atoms in total. The number of carboxylic acids is 1. The Bertz CT molecular complexity index is 990. The summed E-state index contributed by atoms with van der Waals surface area (Å²) >= 11 is 0. The van der Waals surface area contributed by atoms with E-state index in [1.807, 2.05) is 38.1 Å². The van der Waals surface area contributed by atoms with Gasteiger partial charge in [0.15, 0.2) is 0 Å². The topological polar surface area (TPSA) is 95.9 Å². The molecule has 2 N–H and O–H groups in total. The van der Waals surface area contributed by atoms with Crippen molar-refractivity contribution < 1.29 is 24.2 Å². The van der Waals surface area contributed by atoms with Gasteiger partial charge in [-0.2, -0.15) is 0 Å². The quantitative estimate of drug-likeness (QED) is 0.421. The zero-order chi connectivity index (χ0) is 25.4. The minimum Gasteiger partial charge on any atom is -0.481 e. The summed E-state index contributed by atoms with van der Waals surface area (Å²) in [6, 6.07) is 16.4. The fraction of sp³-hybridized carbons (Fsp3) is 0.464. The molecule has 2 amide bonds. The van der Waals surface area contributed by atoms with Crippen molar-refractivity contribution in [2.75, 3.05) is 26.7 Å². The molecule has 0 heterocycles. The monoisotopic (exact) mass is 480 g/mol. The van der Waals surface area contributed by atoms with Gasteiger partial charge in [-0.3, -0.25) is 9.59 Å². The molecule has 1 aliphatic carbocycles. The molecule has 0 spiro atoms. The molecule has 0 fully saturated rings. The molecule has 0 bridgehead atoms. The average Bonchev–Trinajstić information content (AvgIpc) is 3.16. The lowest BCUT2D eigenvalue weighted by Gasteiger charge is -2.25. The van der Waals surface area contributed by atoms with Gasteiger partial charge in [0.25, 0.3) is 0 Å². The summed E-state index contributed by atoms with van der Waals surface area (Å²) in [5, 5.41) is 11.6. The van der Waals surface area contributed by atoms with Crippen LogP contribution in [0.25, 0.3) is 11.1 Å². The zero-order valence-electron chi connectivity index (χ0n) is 20.8. The number of benzene rings is 2. The number of hydrogen-bond donors (Lipinski definition) is 2. The van der Waals surface area contributed by atoms with Gasteiger partial charge < -0.3 is 20.1 Å². The van der Waals surface area contributed by atoms with E-state index in [-0.39, 0.29) is 43.2 Å². The molecule has 2 aromatic carbocycles. The van der Waals surface area contributed by atoms with Crippen LogP contribution in [-0.4, -0.2) is 54.7 Å². The van der Waals surface area contributed by atoms with Crippen molar-refractivity contribution in [2.45, 2.75) is 45.4 Å². The number of carbonyl (C=O) groups excluding carboxylic acids is 2. The molecule has 188 valence electrons. The smallest absolute Gasteiger partial charge is 0.407 e. The van der Waals surface area contributed by atoms with Gasteiger partial charge in [-0.15, -0.1) is 0 Å². The standard InChI is InChI=1S/C28H36N2O5/c1-19(2)16-20(27(33)30(3)15-9-8-14-26(31)32)17-29-28(34)35-18-25-23-12-6-4-10-21(23)22-11-5-7-13-24(22)25/h4-7,10-13,19-20,25H,8-9,14-18H2,1-3H3,(H,29,34)(H,31,32). The molecule has 0 aromatic heterocycles. The van der Waals surface area contributed by atoms with E-state index in [1.54, 1.807) is 11.9 Å². The first kappa shape index (κ1) is 26.3. The highest BCUT2D eigenvalue weighted by Gasteiger charge is 2.29. The van der Waals surface area contributed by atoms with Crippen LogP contribution in [0.4, 0.5) is 4.79 Å². The Hall–Kier alpha value is -3.35. The number of nitrogens with one attached hydrogen (secondary N) is 1. The van der Waals surface area contributed by atoms with Crippen LogP contribution in [0.3, 0.4) is 0 Å². The number of unbranched alkanes of at least 4 members (excludes halogenated alkanes) is 1. The molecule has 1 aliphatic rings. The largest absolute Gasteiger partial charge is 0.481 e. The van der Waals surface area contributed by atoms with Gasteiger partial charge in [-0.05, 0) is 47.4 Å². The van der Waals surface area contributed by atoms with Gasteiger partial charge in [0.1, 0.15) is 6.61 Å². The molecule has 0 radical (unpaired) electrons. The number of hydrogen-bond acceptors (Lipinski definition) is 4. The fourth-order valence-electron chi connectivity index (χ4n) is 4.74. The van der Waals surface area contributed by atoms with Crippen LogP contribution in [0.2, 0.25) is 0 Å². The van der Waals surface area contributed by atoms with Crippen molar-refractivity contribution in [3.8, 4) is 11.1 Å². The third-order valence-electron chi connectivity index (χ3n) is 6.45. The lowest BCUT2D eigenvalue weighted by molar-refractivity contribution is -0.137. The zero-order valence-corrected chi connectivity index (χ0v) is 20.8. The summed E-state index contributed by atoms with van der Waals surface area (Å²) in [4.78, 5) is 37.9. The van der Waals surface area contributed by atoms with Crippen LogP contribution < -0.4 is 5.32 Å². The normalized spacial score (nSPS) is 13.1. The Labute approximate surface area is 207 Å². The fourth-order valence-corrected chi connectivity index (χ4v) is 4.74. The number of rotatable bonds is 12.